The molecule has 2 atom stereocenters. The van der Waals surface area contributed by atoms with Gasteiger partial charge in [0, 0.05) is 18.5 Å². The highest BCUT2D eigenvalue weighted by Gasteiger charge is 2.46. The van der Waals surface area contributed by atoms with Crippen molar-refractivity contribution < 1.29 is 28.9 Å². The molecule has 7 nitrogen and oxygen atoms in total. The van der Waals surface area contributed by atoms with Crippen LogP contribution in [0.15, 0.2) is 72.3 Å². The molecule has 1 N–H and O–H groups in total. The van der Waals surface area contributed by atoms with Gasteiger partial charge < -0.3 is 24.2 Å². The number of hydrogen-bond donors (Lipinski definition) is 1. The Morgan fingerprint density at radius 3 is 2.58 bits per heavy atom. The lowest BCUT2D eigenvalue weighted by molar-refractivity contribution is -0.139. The Morgan fingerprint density at radius 2 is 1.84 bits per heavy atom. The van der Waals surface area contributed by atoms with Gasteiger partial charge in [-0.15, -0.1) is 0 Å². The Labute approximate surface area is 222 Å². The van der Waals surface area contributed by atoms with E-state index in [4.69, 9.17) is 14.2 Å². The van der Waals surface area contributed by atoms with Crippen LogP contribution < -0.4 is 14.2 Å². The minimum Gasteiger partial charge on any atom is -0.507 e. The van der Waals surface area contributed by atoms with E-state index in [1.807, 2.05) is 56.3 Å². The van der Waals surface area contributed by atoms with Crippen LogP contribution in [0.5, 0.6) is 17.2 Å². The van der Waals surface area contributed by atoms with E-state index < -0.39 is 17.7 Å². The molecular formula is C31H31NO6. The number of aliphatic hydroxyl groups excluding tert-OH is 1. The molecule has 2 aliphatic rings. The maximum Gasteiger partial charge on any atom is 0.295 e. The van der Waals surface area contributed by atoms with Crippen LogP contribution >= 0.6 is 0 Å². The van der Waals surface area contributed by atoms with Gasteiger partial charge in [0.1, 0.15) is 17.6 Å². The zero-order chi connectivity index (χ0) is 26.8. The van der Waals surface area contributed by atoms with Crippen molar-refractivity contribution in [2.45, 2.75) is 38.8 Å². The highest BCUT2D eigenvalue weighted by Crippen LogP contribution is 2.42. The first-order chi connectivity index (χ1) is 18.4. The summed E-state index contributed by atoms with van der Waals surface area (Å²) >= 11 is 0. The predicted molar refractivity (Wildman–Crippen MR) is 144 cm³/mol. The highest BCUT2D eigenvalue weighted by molar-refractivity contribution is 6.46. The number of Topliss-reactive ketones (excluding diaryl/α,β-unsaturated/α-hetero) is 1. The number of amides is 1. The molecule has 0 saturated carbocycles. The summed E-state index contributed by atoms with van der Waals surface area (Å²) in [5, 5.41) is 11.5. The minimum atomic E-state index is -0.785. The van der Waals surface area contributed by atoms with Gasteiger partial charge in [-0.25, -0.2) is 0 Å². The standard InChI is InChI=1S/C31H31NO6/c1-4-37-25-13-10-21(18-26(25)36-3)28-27(29(33)22-11-12-24-23(17-22)16-19(2)38-24)30(34)31(35)32(28)15-14-20-8-6-5-7-9-20/h5-13,17-19,28,33H,4,14-16H2,1-3H3. The zero-order valence-electron chi connectivity index (χ0n) is 21.8. The topological polar surface area (TPSA) is 85.3 Å². The quantitative estimate of drug-likeness (QED) is 0.257. The van der Waals surface area contributed by atoms with E-state index in [1.54, 1.807) is 31.4 Å². The van der Waals surface area contributed by atoms with Crippen LogP contribution in [0.3, 0.4) is 0 Å². The van der Waals surface area contributed by atoms with E-state index in [-0.39, 0.29) is 17.4 Å². The summed E-state index contributed by atoms with van der Waals surface area (Å²) in [6.07, 6.45) is 1.32. The number of nitrogens with zero attached hydrogens (tertiary/aromatic N) is 1. The second kappa shape index (κ2) is 10.6. The average Bonchev–Trinajstić information content (AvgIpc) is 3.43. The number of rotatable bonds is 8. The number of hydrogen-bond acceptors (Lipinski definition) is 6. The summed E-state index contributed by atoms with van der Waals surface area (Å²) in [5.74, 6) is 0.266. The summed E-state index contributed by atoms with van der Waals surface area (Å²) in [5.41, 5.74) is 3.19. The van der Waals surface area contributed by atoms with Gasteiger partial charge in [-0.3, -0.25) is 9.59 Å². The second-order valence-electron chi connectivity index (χ2n) is 9.53. The number of benzene rings is 3. The smallest absolute Gasteiger partial charge is 0.295 e. The van der Waals surface area contributed by atoms with Crippen LogP contribution in [-0.2, 0) is 22.4 Å². The summed E-state index contributed by atoms with van der Waals surface area (Å²) < 4.78 is 17.0. The van der Waals surface area contributed by atoms with E-state index in [0.717, 1.165) is 16.9 Å². The Morgan fingerprint density at radius 1 is 1.05 bits per heavy atom. The molecule has 1 saturated heterocycles. The van der Waals surface area contributed by atoms with Crippen LogP contribution in [0.2, 0.25) is 0 Å². The fraction of sp³-hybridized carbons (Fsp3) is 0.290. The molecule has 0 radical (unpaired) electrons. The van der Waals surface area contributed by atoms with E-state index in [2.05, 4.69) is 0 Å². The largest absolute Gasteiger partial charge is 0.507 e. The van der Waals surface area contributed by atoms with Gasteiger partial charge in [0.25, 0.3) is 11.7 Å². The molecule has 1 fully saturated rings. The summed E-state index contributed by atoms with van der Waals surface area (Å²) in [6.45, 7) is 4.64. The average molecular weight is 514 g/mol. The van der Waals surface area contributed by atoms with Crippen molar-refractivity contribution in [1.82, 2.24) is 4.90 Å². The van der Waals surface area contributed by atoms with E-state index in [1.165, 1.54) is 4.90 Å². The SMILES string of the molecule is CCOc1ccc(C2C(=C(O)c3ccc4c(c3)CC(C)O4)C(=O)C(=O)N2CCc2ccccc2)cc1OC. The molecule has 2 unspecified atom stereocenters. The molecule has 38 heavy (non-hydrogen) atoms. The number of carbonyl (C=O) groups is 2. The van der Waals surface area contributed by atoms with Crippen LogP contribution in [0.1, 0.15) is 42.1 Å². The van der Waals surface area contributed by atoms with Gasteiger partial charge in [-0.1, -0.05) is 36.4 Å². The lowest BCUT2D eigenvalue weighted by Crippen LogP contribution is -2.31. The minimum absolute atomic E-state index is 0.0438. The van der Waals surface area contributed by atoms with Crippen LogP contribution in [0, 0.1) is 0 Å². The molecule has 0 aromatic heterocycles. The van der Waals surface area contributed by atoms with Gasteiger partial charge in [-0.05, 0) is 67.3 Å². The van der Waals surface area contributed by atoms with Gasteiger partial charge in [0.05, 0.1) is 25.3 Å². The molecule has 0 spiro atoms. The molecule has 1 amide bonds. The lowest BCUT2D eigenvalue weighted by atomic mass is 9.94. The van der Waals surface area contributed by atoms with Gasteiger partial charge in [0.2, 0.25) is 0 Å². The summed E-state index contributed by atoms with van der Waals surface area (Å²) in [6, 6.07) is 19.7. The fourth-order valence-electron chi connectivity index (χ4n) is 5.21. The van der Waals surface area contributed by atoms with Gasteiger partial charge in [0.15, 0.2) is 11.5 Å². The number of methoxy groups -OCH3 is 1. The van der Waals surface area contributed by atoms with Crippen LogP contribution in [-0.4, -0.2) is 48.1 Å². The second-order valence-corrected chi connectivity index (χ2v) is 9.53. The lowest BCUT2D eigenvalue weighted by Gasteiger charge is -2.26. The molecular weight excluding hydrogens is 482 g/mol. The van der Waals surface area contributed by atoms with E-state index >= 15 is 0 Å². The molecule has 7 heteroatoms. The molecule has 2 aliphatic heterocycles. The third-order valence-corrected chi connectivity index (χ3v) is 7.00. The zero-order valence-corrected chi connectivity index (χ0v) is 21.8. The number of fused-ring (bicyclic) bond motifs is 1. The van der Waals surface area contributed by atoms with Crippen molar-refractivity contribution >= 4 is 17.4 Å². The molecule has 3 aromatic rings. The van der Waals surface area contributed by atoms with Crippen molar-refractivity contribution in [2.75, 3.05) is 20.3 Å². The molecule has 196 valence electrons. The molecule has 2 heterocycles. The number of aliphatic hydroxyl groups is 1. The summed E-state index contributed by atoms with van der Waals surface area (Å²) in [4.78, 5) is 28.3. The highest BCUT2D eigenvalue weighted by atomic mass is 16.5. The first kappa shape index (κ1) is 25.4. The molecule has 0 bridgehead atoms. The third kappa shape index (κ3) is 4.72. The fourth-order valence-corrected chi connectivity index (χ4v) is 5.21. The first-order valence-corrected chi connectivity index (χ1v) is 12.8. The maximum absolute atomic E-state index is 13.4. The molecule has 0 aliphatic carbocycles. The Balaban J connectivity index is 1.60. The number of likely N-dealkylation sites (tertiary alicyclic amines) is 1. The number of ketones is 1. The third-order valence-electron chi connectivity index (χ3n) is 7.00. The maximum atomic E-state index is 13.4. The molecule has 5 rings (SSSR count). The van der Waals surface area contributed by atoms with Crippen LogP contribution in [0.25, 0.3) is 5.76 Å². The van der Waals surface area contributed by atoms with E-state index in [9.17, 15) is 14.7 Å². The van der Waals surface area contributed by atoms with Crippen molar-refractivity contribution in [1.29, 1.82) is 0 Å². The van der Waals surface area contributed by atoms with Crippen molar-refractivity contribution in [3.8, 4) is 17.2 Å². The van der Waals surface area contributed by atoms with Crippen molar-refractivity contribution in [2.24, 2.45) is 0 Å². The Hall–Kier alpha value is -4.26. The Kier molecular flexibility index (Phi) is 7.09. The normalized spacial score (nSPS) is 19.8. The van der Waals surface area contributed by atoms with Gasteiger partial charge in [-0.2, -0.15) is 0 Å². The van der Waals surface area contributed by atoms with Crippen molar-refractivity contribution in [3.05, 3.63) is 94.6 Å². The number of carbonyl (C=O) groups excluding carboxylic acids is 2. The molecule has 3 aromatic carbocycles. The predicted octanol–water partition coefficient (Wildman–Crippen LogP) is 5.08. The Bertz CT molecular complexity index is 1400. The van der Waals surface area contributed by atoms with Crippen molar-refractivity contribution in [3.63, 3.8) is 0 Å². The van der Waals surface area contributed by atoms with E-state index in [0.29, 0.717) is 48.6 Å². The first-order valence-electron chi connectivity index (χ1n) is 12.8. The summed E-state index contributed by atoms with van der Waals surface area (Å²) in [7, 11) is 1.54. The van der Waals surface area contributed by atoms with Crippen LogP contribution in [0.4, 0.5) is 0 Å². The van der Waals surface area contributed by atoms with Gasteiger partial charge >= 0.3 is 0 Å². The monoisotopic (exact) mass is 513 g/mol. The number of ether oxygens (including phenoxy) is 3.